The molecule has 0 N–H and O–H groups in total. The Bertz CT molecular complexity index is 5000. The van der Waals surface area contributed by atoms with Crippen molar-refractivity contribution in [1.82, 2.24) is 18.3 Å². The molecule has 0 saturated heterocycles. The van der Waals surface area contributed by atoms with Gasteiger partial charge in [0.15, 0.2) is 0 Å². The molecule has 460 valence electrons. The van der Waals surface area contributed by atoms with Gasteiger partial charge in [0.05, 0.1) is 106 Å². The Balaban J connectivity index is 1.39. The lowest BCUT2D eigenvalue weighted by atomic mass is 9.98. The fraction of sp³-hybridized carbons (Fsp3) is 0.125. The maximum absolute atomic E-state index is 14.9. The first-order chi connectivity index (χ1) is 42.4. The summed E-state index contributed by atoms with van der Waals surface area (Å²) >= 11 is 0. The van der Waals surface area contributed by atoms with Crippen LogP contribution in [0.1, 0.15) is 55.6 Å². The summed E-state index contributed by atoms with van der Waals surface area (Å²) in [4.78, 5) is 0. The number of hydrogen-bond donors (Lipinski definition) is 0. The van der Waals surface area contributed by atoms with E-state index in [9.17, 15) is 103 Å². The third-order valence-electron chi connectivity index (χ3n) is 16.0. The van der Waals surface area contributed by atoms with Crippen molar-refractivity contribution in [3.8, 4) is 34.9 Å². The van der Waals surface area contributed by atoms with Crippen molar-refractivity contribution in [3.05, 3.63) is 201 Å². The Morgan fingerprint density at radius 1 is 0.242 bits per heavy atom. The van der Waals surface area contributed by atoms with Crippen molar-refractivity contribution < 1.29 is 92.2 Å². The van der Waals surface area contributed by atoms with Gasteiger partial charge >= 0.3 is 43.2 Å². The Morgan fingerprint density at radius 2 is 0.418 bits per heavy atom. The van der Waals surface area contributed by atoms with Crippen LogP contribution in [0.5, 0.6) is 0 Å². The van der Waals surface area contributed by atoms with Crippen molar-refractivity contribution in [1.29, 1.82) is 10.5 Å². The van der Waals surface area contributed by atoms with Crippen LogP contribution in [0.4, 0.5) is 92.2 Å². The van der Waals surface area contributed by atoms with Gasteiger partial charge in [0, 0.05) is 43.1 Å². The van der Waals surface area contributed by atoms with Crippen molar-refractivity contribution in [3.63, 3.8) is 0 Å². The molecule has 0 radical (unpaired) electrons. The molecule has 4 heterocycles. The number of fused-ring (bicyclic) bond motifs is 12. The topological polar surface area (TPSA) is 67.3 Å². The molecule has 0 spiro atoms. The van der Waals surface area contributed by atoms with Gasteiger partial charge in [-0.3, -0.25) is 0 Å². The van der Waals surface area contributed by atoms with Crippen molar-refractivity contribution >= 4 is 87.2 Å². The lowest BCUT2D eigenvalue weighted by molar-refractivity contribution is -0.138. The molecule has 13 rings (SSSR count). The molecule has 0 atom stereocenters. The molecular formula is C64H27F21N6. The van der Waals surface area contributed by atoms with Gasteiger partial charge in [-0.25, -0.2) is 0 Å². The van der Waals surface area contributed by atoms with E-state index in [1.54, 1.807) is 0 Å². The number of aryl methyl sites for hydroxylation is 1. The molecule has 27 heteroatoms. The summed E-state index contributed by atoms with van der Waals surface area (Å²) in [5.41, 5.74) is -18.7. The molecule has 0 bridgehead atoms. The van der Waals surface area contributed by atoms with Crippen molar-refractivity contribution in [2.75, 3.05) is 0 Å². The van der Waals surface area contributed by atoms with E-state index in [1.165, 1.54) is 25.1 Å². The highest BCUT2D eigenvalue weighted by atomic mass is 19.4. The first-order valence-corrected chi connectivity index (χ1v) is 26.3. The van der Waals surface area contributed by atoms with E-state index in [0.29, 0.717) is 90.5 Å². The second kappa shape index (κ2) is 19.4. The van der Waals surface area contributed by atoms with Crippen molar-refractivity contribution in [2.45, 2.75) is 50.2 Å². The summed E-state index contributed by atoms with van der Waals surface area (Å²) in [6, 6.07) is 19.8. The molecule has 0 aliphatic carbocycles. The van der Waals surface area contributed by atoms with Gasteiger partial charge in [0.25, 0.3) is 0 Å². The van der Waals surface area contributed by atoms with E-state index < -0.39 is 181 Å². The molecule has 0 fully saturated rings. The van der Waals surface area contributed by atoms with Crippen LogP contribution < -0.4 is 0 Å². The first kappa shape index (κ1) is 59.6. The standard InChI is InChI=1S/C64H27F21N6/c1-28-2-10-46-36(18-28)37-19-29(58(65,66)67)9-17-53(37)91(46)57-55(89-49-13-5-32(61(74,75)76)22-40(49)41-23-33(62(77,78)79)6-14-50(41)89)44(26-86)54(88-47-11-3-30(59(68,69)70)20-38(47)39-21-31(60(71,72)73)4-12-48(39)88)45(27-87)56(57)90-51-15-7-34(63(80,81)82)24-42(51)43-25-35(64(83,84)85)8-16-52(43)90/h2-25H,1H3. The second-order valence-corrected chi connectivity index (χ2v) is 21.3. The van der Waals surface area contributed by atoms with Crippen LogP contribution in [0.2, 0.25) is 0 Å². The highest BCUT2D eigenvalue weighted by Gasteiger charge is 2.41. The van der Waals surface area contributed by atoms with Gasteiger partial charge in [0.2, 0.25) is 0 Å². The number of alkyl halides is 21. The third kappa shape index (κ3) is 9.28. The molecular weight excluding hydrogens is 1250 g/mol. The number of benzene rings is 9. The molecule has 6 nitrogen and oxygen atoms in total. The van der Waals surface area contributed by atoms with Crippen LogP contribution in [0, 0.1) is 29.6 Å². The van der Waals surface area contributed by atoms with E-state index in [2.05, 4.69) is 0 Å². The van der Waals surface area contributed by atoms with E-state index in [-0.39, 0.29) is 21.8 Å². The second-order valence-electron chi connectivity index (χ2n) is 21.3. The minimum atomic E-state index is -5.25. The van der Waals surface area contributed by atoms with Crippen molar-refractivity contribution in [2.24, 2.45) is 0 Å². The maximum Gasteiger partial charge on any atom is 0.416 e. The fourth-order valence-electron chi connectivity index (χ4n) is 12.2. The first-order valence-electron chi connectivity index (χ1n) is 26.3. The average Bonchev–Trinajstić information content (AvgIpc) is 1.59. The zero-order valence-electron chi connectivity index (χ0n) is 45.0. The van der Waals surface area contributed by atoms with Crippen LogP contribution >= 0.6 is 0 Å². The Kier molecular flexibility index (Phi) is 12.7. The smallest absolute Gasteiger partial charge is 0.306 e. The zero-order valence-corrected chi connectivity index (χ0v) is 45.0. The summed E-state index contributed by atoms with van der Waals surface area (Å²) < 4.78 is 316. The molecule has 0 saturated carbocycles. The number of hydrogen-bond acceptors (Lipinski definition) is 2. The van der Waals surface area contributed by atoms with Gasteiger partial charge < -0.3 is 18.3 Å². The van der Waals surface area contributed by atoms with Crippen LogP contribution in [0.3, 0.4) is 0 Å². The molecule has 13 aromatic rings. The lowest BCUT2D eigenvalue weighted by Gasteiger charge is -2.27. The normalized spacial score (nSPS) is 13.4. The summed E-state index contributed by atoms with van der Waals surface area (Å²) in [5, 5.41) is 19.9. The predicted molar refractivity (Wildman–Crippen MR) is 293 cm³/mol. The van der Waals surface area contributed by atoms with Gasteiger partial charge in [0.1, 0.15) is 23.3 Å². The summed E-state index contributed by atoms with van der Waals surface area (Å²) in [6.45, 7) is 1.51. The van der Waals surface area contributed by atoms with E-state index >= 15 is 0 Å². The summed E-state index contributed by atoms with van der Waals surface area (Å²) in [6.07, 6.45) is -36.6. The third-order valence-corrected chi connectivity index (χ3v) is 16.0. The SMILES string of the molecule is Cc1ccc2c(c1)c1cc(C(F)(F)F)ccc1n2-c1c(-n2c3ccc(C(F)(F)F)cc3c3cc(C(F)(F)F)ccc32)c(C#N)c(-n2c3ccc(C(F)(F)F)cc3c3cc(C(F)(F)F)ccc32)c(C#N)c1-n1c2ccc(C(F)(F)F)cc2c2cc(C(F)(F)F)ccc21. The zero-order chi connectivity index (χ0) is 65.5. The quantitative estimate of drug-likeness (QED) is 0.165. The van der Waals surface area contributed by atoms with E-state index in [4.69, 9.17) is 0 Å². The lowest BCUT2D eigenvalue weighted by Crippen LogP contribution is -2.17. The number of nitriles is 2. The van der Waals surface area contributed by atoms with E-state index in [0.717, 1.165) is 60.7 Å². The van der Waals surface area contributed by atoms with Crippen LogP contribution in [-0.2, 0) is 43.2 Å². The molecule has 91 heavy (non-hydrogen) atoms. The Labute approximate surface area is 493 Å². The molecule has 0 amide bonds. The van der Waals surface area contributed by atoms with Crippen LogP contribution in [0.25, 0.3) is 110 Å². The number of rotatable bonds is 4. The molecule has 0 aliphatic rings. The minimum absolute atomic E-state index is 0.0823. The van der Waals surface area contributed by atoms with Gasteiger partial charge in [-0.05, 0) is 146 Å². The average molecular weight is 1280 g/mol. The highest BCUT2D eigenvalue weighted by molar-refractivity contribution is 6.16. The maximum atomic E-state index is 14.9. The van der Waals surface area contributed by atoms with E-state index in [1.807, 2.05) is 12.1 Å². The Morgan fingerprint density at radius 3 is 0.615 bits per heavy atom. The monoisotopic (exact) mass is 1280 g/mol. The molecule has 4 aromatic heterocycles. The van der Waals surface area contributed by atoms with Crippen LogP contribution in [-0.4, -0.2) is 18.3 Å². The largest absolute Gasteiger partial charge is 0.416 e. The summed E-state index contributed by atoms with van der Waals surface area (Å²) in [5.74, 6) is 0. The molecule has 0 aliphatic heterocycles. The molecule has 9 aromatic carbocycles. The Hall–Kier alpha value is -10.3. The van der Waals surface area contributed by atoms with Gasteiger partial charge in [-0.2, -0.15) is 103 Å². The fourth-order valence-corrected chi connectivity index (χ4v) is 12.2. The van der Waals surface area contributed by atoms with Gasteiger partial charge in [-0.15, -0.1) is 0 Å². The number of aromatic nitrogens is 4. The number of halogens is 21. The number of nitrogens with zero attached hydrogens (tertiary/aromatic N) is 6. The predicted octanol–water partition coefficient (Wildman–Crippen LogP) is 21.3. The molecule has 0 unspecified atom stereocenters. The highest BCUT2D eigenvalue weighted by Crippen LogP contribution is 2.52. The minimum Gasteiger partial charge on any atom is -0.306 e. The summed E-state index contributed by atoms with van der Waals surface area (Å²) in [7, 11) is 0. The van der Waals surface area contributed by atoms with Gasteiger partial charge in [-0.1, -0.05) is 11.6 Å². The van der Waals surface area contributed by atoms with Crippen LogP contribution in [0.15, 0.2) is 146 Å².